The summed E-state index contributed by atoms with van der Waals surface area (Å²) in [5.74, 6) is 1.22. The van der Waals surface area contributed by atoms with E-state index in [0.717, 1.165) is 22.4 Å². The van der Waals surface area contributed by atoms with Crippen LogP contribution in [-0.2, 0) is 6.42 Å². The third kappa shape index (κ3) is 3.57. The molecule has 0 saturated heterocycles. The summed E-state index contributed by atoms with van der Waals surface area (Å²) >= 11 is 0. The summed E-state index contributed by atoms with van der Waals surface area (Å²) in [5.41, 5.74) is 4.67. The zero-order valence-electron chi connectivity index (χ0n) is 15.7. The minimum Gasteiger partial charge on any atom is -0.440 e. The average Bonchev–Trinajstić information content (AvgIpc) is 3.41. The quantitative estimate of drug-likeness (QED) is 0.578. The summed E-state index contributed by atoms with van der Waals surface area (Å²) in [7, 11) is 1.62. The molecule has 0 unspecified atom stereocenters. The van der Waals surface area contributed by atoms with Crippen molar-refractivity contribution in [2.24, 2.45) is 0 Å². The van der Waals surface area contributed by atoms with Gasteiger partial charge in [0.25, 0.3) is 5.91 Å². The van der Waals surface area contributed by atoms with E-state index in [9.17, 15) is 4.79 Å². The third-order valence-corrected chi connectivity index (χ3v) is 4.65. The van der Waals surface area contributed by atoms with Crippen molar-refractivity contribution in [2.45, 2.75) is 13.3 Å². The second kappa shape index (κ2) is 7.52. The molecule has 4 aromatic rings. The maximum absolute atomic E-state index is 11.9. The van der Waals surface area contributed by atoms with Gasteiger partial charge in [0.2, 0.25) is 0 Å². The molecular formula is C22H20N4O2. The van der Waals surface area contributed by atoms with Crippen LogP contribution in [0.5, 0.6) is 0 Å². The summed E-state index contributed by atoms with van der Waals surface area (Å²) in [5, 5.41) is 6.87. The van der Waals surface area contributed by atoms with E-state index in [1.807, 2.05) is 61.7 Å². The molecule has 1 N–H and O–H groups in total. The second-order valence-electron chi connectivity index (χ2n) is 6.51. The standard InChI is InChI=1S/C22H20N4O2/c1-15-4-5-17(22(27)23-2)12-18(15)13-21-24-14-20(28-21)16-6-8-19(9-7-16)26-11-3-10-25-26/h3-12,14H,13H2,1-2H3,(H,23,27). The number of amides is 1. The van der Waals surface area contributed by atoms with E-state index in [1.54, 1.807) is 24.1 Å². The topological polar surface area (TPSA) is 73.0 Å². The smallest absolute Gasteiger partial charge is 0.251 e. The number of nitrogens with one attached hydrogen (secondary N) is 1. The van der Waals surface area contributed by atoms with Gasteiger partial charge in [0.1, 0.15) is 0 Å². The minimum absolute atomic E-state index is 0.105. The third-order valence-electron chi connectivity index (χ3n) is 4.65. The molecule has 0 saturated carbocycles. The molecule has 28 heavy (non-hydrogen) atoms. The van der Waals surface area contributed by atoms with Gasteiger partial charge >= 0.3 is 0 Å². The first-order valence-electron chi connectivity index (χ1n) is 9.01. The fraction of sp³-hybridized carbons (Fsp3) is 0.136. The van der Waals surface area contributed by atoms with Gasteiger partial charge in [-0.1, -0.05) is 6.07 Å². The molecule has 0 aliphatic rings. The van der Waals surface area contributed by atoms with E-state index in [1.165, 1.54) is 0 Å². The Bertz CT molecular complexity index is 1100. The number of carbonyl (C=O) groups excluding carboxylic acids is 1. The van der Waals surface area contributed by atoms with Gasteiger partial charge in [0, 0.05) is 37.0 Å². The van der Waals surface area contributed by atoms with Crippen LogP contribution in [0.3, 0.4) is 0 Å². The number of hydrogen-bond donors (Lipinski definition) is 1. The zero-order chi connectivity index (χ0) is 19.5. The first-order chi connectivity index (χ1) is 13.6. The summed E-state index contributed by atoms with van der Waals surface area (Å²) in [6.45, 7) is 2.01. The molecule has 1 amide bonds. The van der Waals surface area contributed by atoms with Gasteiger partial charge in [0.05, 0.1) is 11.9 Å². The largest absolute Gasteiger partial charge is 0.440 e. The number of aryl methyl sites for hydroxylation is 1. The maximum atomic E-state index is 11.9. The van der Waals surface area contributed by atoms with Crippen LogP contribution in [0, 0.1) is 6.92 Å². The molecule has 2 aromatic carbocycles. The monoisotopic (exact) mass is 372 g/mol. The molecule has 0 fully saturated rings. The van der Waals surface area contributed by atoms with Gasteiger partial charge < -0.3 is 9.73 Å². The number of aromatic nitrogens is 3. The fourth-order valence-corrected chi connectivity index (χ4v) is 3.04. The van der Waals surface area contributed by atoms with Crippen LogP contribution in [0.2, 0.25) is 0 Å². The first kappa shape index (κ1) is 17.7. The predicted molar refractivity (Wildman–Crippen MR) is 106 cm³/mol. The van der Waals surface area contributed by atoms with Crippen molar-refractivity contribution >= 4 is 5.91 Å². The number of nitrogens with zero attached hydrogens (tertiary/aromatic N) is 3. The molecular weight excluding hydrogens is 352 g/mol. The highest BCUT2D eigenvalue weighted by Crippen LogP contribution is 2.24. The molecule has 6 heteroatoms. The maximum Gasteiger partial charge on any atom is 0.251 e. The SMILES string of the molecule is CNC(=O)c1ccc(C)c(Cc2ncc(-c3ccc(-n4cccn4)cc3)o2)c1. The van der Waals surface area contributed by atoms with E-state index in [4.69, 9.17) is 4.42 Å². The molecule has 0 atom stereocenters. The van der Waals surface area contributed by atoms with Crippen LogP contribution in [-0.4, -0.2) is 27.7 Å². The molecule has 0 radical (unpaired) electrons. The first-order valence-corrected chi connectivity index (χ1v) is 9.01. The van der Waals surface area contributed by atoms with Crippen LogP contribution in [0.25, 0.3) is 17.0 Å². The van der Waals surface area contributed by atoms with Gasteiger partial charge in [-0.15, -0.1) is 0 Å². The lowest BCUT2D eigenvalue weighted by Gasteiger charge is -2.07. The van der Waals surface area contributed by atoms with E-state index < -0.39 is 0 Å². The molecule has 140 valence electrons. The van der Waals surface area contributed by atoms with E-state index in [0.29, 0.717) is 23.6 Å². The number of carbonyl (C=O) groups is 1. The fourth-order valence-electron chi connectivity index (χ4n) is 3.04. The Hall–Kier alpha value is -3.67. The van der Waals surface area contributed by atoms with Crippen molar-refractivity contribution in [3.05, 3.63) is 89.7 Å². The zero-order valence-corrected chi connectivity index (χ0v) is 15.7. The normalized spacial score (nSPS) is 10.8. The van der Waals surface area contributed by atoms with Crippen molar-refractivity contribution in [3.63, 3.8) is 0 Å². The van der Waals surface area contributed by atoms with Gasteiger partial charge in [-0.05, 0) is 60.5 Å². The molecule has 0 aliphatic carbocycles. The Labute approximate surface area is 162 Å². The van der Waals surface area contributed by atoms with E-state index in [2.05, 4.69) is 15.4 Å². The van der Waals surface area contributed by atoms with Gasteiger partial charge in [0.15, 0.2) is 11.7 Å². The predicted octanol–water partition coefficient (Wildman–Crippen LogP) is 3.79. The summed E-state index contributed by atoms with van der Waals surface area (Å²) in [6.07, 6.45) is 5.91. The van der Waals surface area contributed by atoms with Gasteiger partial charge in [-0.2, -0.15) is 5.10 Å². The van der Waals surface area contributed by atoms with Crippen LogP contribution < -0.4 is 5.32 Å². The lowest BCUT2D eigenvalue weighted by Crippen LogP contribution is -2.18. The van der Waals surface area contributed by atoms with E-state index in [-0.39, 0.29) is 5.91 Å². The minimum atomic E-state index is -0.105. The molecule has 0 spiro atoms. The molecule has 6 nitrogen and oxygen atoms in total. The summed E-state index contributed by atoms with van der Waals surface area (Å²) in [6, 6.07) is 15.5. The summed E-state index contributed by atoms with van der Waals surface area (Å²) < 4.78 is 7.76. The Balaban J connectivity index is 1.54. The van der Waals surface area contributed by atoms with Crippen molar-refractivity contribution < 1.29 is 9.21 Å². The average molecular weight is 372 g/mol. The second-order valence-corrected chi connectivity index (χ2v) is 6.51. The van der Waals surface area contributed by atoms with Gasteiger partial charge in [-0.25, -0.2) is 9.67 Å². The van der Waals surface area contributed by atoms with Gasteiger partial charge in [-0.3, -0.25) is 4.79 Å². The lowest BCUT2D eigenvalue weighted by atomic mass is 10.0. The van der Waals surface area contributed by atoms with Crippen molar-refractivity contribution in [2.75, 3.05) is 7.05 Å². The van der Waals surface area contributed by atoms with Crippen LogP contribution in [0.1, 0.15) is 27.4 Å². The Kier molecular flexibility index (Phi) is 4.76. The van der Waals surface area contributed by atoms with Crippen LogP contribution in [0.15, 0.2) is 71.5 Å². The number of hydrogen-bond acceptors (Lipinski definition) is 4. The lowest BCUT2D eigenvalue weighted by molar-refractivity contribution is 0.0963. The Morgan fingerprint density at radius 1 is 1.18 bits per heavy atom. The Morgan fingerprint density at radius 3 is 2.71 bits per heavy atom. The van der Waals surface area contributed by atoms with Crippen LogP contribution >= 0.6 is 0 Å². The van der Waals surface area contributed by atoms with E-state index >= 15 is 0 Å². The number of rotatable bonds is 5. The van der Waals surface area contributed by atoms with Crippen molar-refractivity contribution in [1.82, 2.24) is 20.1 Å². The highest BCUT2D eigenvalue weighted by atomic mass is 16.4. The molecule has 0 bridgehead atoms. The summed E-state index contributed by atoms with van der Waals surface area (Å²) in [4.78, 5) is 16.3. The molecule has 2 heterocycles. The number of oxazole rings is 1. The number of benzene rings is 2. The van der Waals surface area contributed by atoms with Crippen molar-refractivity contribution in [1.29, 1.82) is 0 Å². The highest BCUT2D eigenvalue weighted by molar-refractivity contribution is 5.94. The van der Waals surface area contributed by atoms with Crippen LogP contribution in [0.4, 0.5) is 0 Å². The highest BCUT2D eigenvalue weighted by Gasteiger charge is 2.11. The molecule has 4 rings (SSSR count). The van der Waals surface area contributed by atoms with Crippen molar-refractivity contribution in [3.8, 4) is 17.0 Å². The molecule has 0 aliphatic heterocycles. The Morgan fingerprint density at radius 2 is 2.00 bits per heavy atom. The molecule has 2 aromatic heterocycles.